The second-order valence-corrected chi connectivity index (χ2v) is 11.5. The molecule has 2 heterocycles. The summed E-state index contributed by atoms with van der Waals surface area (Å²) < 4.78 is 34.5. The molecule has 1 saturated heterocycles. The summed E-state index contributed by atoms with van der Waals surface area (Å²) in [6.07, 6.45) is 5.01. The lowest BCUT2D eigenvalue weighted by molar-refractivity contribution is -0.141. The molecule has 4 rings (SSSR count). The van der Waals surface area contributed by atoms with E-state index in [9.17, 15) is 18.0 Å². The Morgan fingerprint density at radius 2 is 2.00 bits per heavy atom. The van der Waals surface area contributed by atoms with E-state index in [0.29, 0.717) is 48.3 Å². The van der Waals surface area contributed by atoms with Gasteiger partial charge in [-0.15, -0.1) is 0 Å². The number of carbonyl (C=O) groups excluding carboxylic acids is 2. The van der Waals surface area contributed by atoms with Crippen LogP contribution in [0.25, 0.3) is 10.9 Å². The molecule has 0 bridgehead atoms. The highest BCUT2D eigenvalue weighted by Crippen LogP contribution is 2.26. The SMILES string of the molecule is COC(=O)CCC1CCCN(C(=O)C(CCc2ccccc2Cl)NS(=O)(=O)c2cccc3[nH]ccc23)C1. The predicted octanol–water partition coefficient (Wildman–Crippen LogP) is 4.29. The maximum Gasteiger partial charge on any atom is 0.305 e. The van der Waals surface area contributed by atoms with Gasteiger partial charge in [0.15, 0.2) is 0 Å². The van der Waals surface area contributed by atoms with Gasteiger partial charge in [0.2, 0.25) is 15.9 Å². The van der Waals surface area contributed by atoms with Crippen molar-refractivity contribution < 1.29 is 22.7 Å². The smallest absolute Gasteiger partial charge is 0.305 e. The molecule has 2 unspecified atom stereocenters. The van der Waals surface area contributed by atoms with Gasteiger partial charge < -0.3 is 14.6 Å². The minimum Gasteiger partial charge on any atom is -0.469 e. The molecule has 1 amide bonds. The highest BCUT2D eigenvalue weighted by Gasteiger charge is 2.32. The zero-order chi connectivity index (χ0) is 26.4. The molecule has 2 N–H and O–H groups in total. The molecular weight excluding hydrogens is 514 g/mol. The fraction of sp³-hybridized carbons (Fsp3) is 0.407. The number of rotatable bonds is 10. The molecule has 198 valence electrons. The number of nitrogens with zero attached hydrogens (tertiary/aromatic N) is 1. The van der Waals surface area contributed by atoms with E-state index in [0.717, 1.165) is 18.4 Å². The number of amides is 1. The Balaban J connectivity index is 1.55. The van der Waals surface area contributed by atoms with Crippen molar-refractivity contribution in [2.24, 2.45) is 5.92 Å². The van der Waals surface area contributed by atoms with Crippen molar-refractivity contribution in [2.45, 2.75) is 49.5 Å². The number of hydrogen-bond acceptors (Lipinski definition) is 5. The molecule has 2 atom stereocenters. The number of fused-ring (bicyclic) bond motifs is 1. The van der Waals surface area contributed by atoms with Gasteiger partial charge in [0.05, 0.1) is 12.0 Å². The van der Waals surface area contributed by atoms with Crippen molar-refractivity contribution in [1.82, 2.24) is 14.6 Å². The van der Waals surface area contributed by atoms with Crippen LogP contribution in [-0.4, -0.2) is 56.4 Å². The lowest BCUT2D eigenvalue weighted by atomic mass is 9.92. The zero-order valence-corrected chi connectivity index (χ0v) is 22.4. The van der Waals surface area contributed by atoms with Crippen molar-refractivity contribution in [2.75, 3.05) is 20.2 Å². The molecule has 1 aliphatic rings. The molecule has 10 heteroatoms. The number of aromatic nitrogens is 1. The van der Waals surface area contributed by atoms with Crippen molar-refractivity contribution >= 4 is 44.4 Å². The topological polar surface area (TPSA) is 109 Å². The Hall–Kier alpha value is -2.88. The summed E-state index contributed by atoms with van der Waals surface area (Å²) in [7, 11) is -2.64. The second kappa shape index (κ2) is 12.1. The van der Waals surface area contributed by atoms with Gasteiger partial charge in [0, 0.05) is 41.6 Å². The molecule has 3 aromatic rings. The second-order valence-electron chi connectivity index (χ2n) is 9.41. The lowest BCUT2D eigenvalue weighted by Gasteiger charge is -2.35. The van der Waals surface area contributed by atoms with Gasteiger partial charge in [0.25, 0.3) is 0 Å². The number of halogens is 1. The number of piperidine rings is 1. The number of benzene rings is 2. The first kappa shape index (κ1) is 27.2. The van der Waals surface area contributed by atoms with Gasteiger partial charge in [-0.05, 0) is 67.9 Å². The molecule has 8 nitrogen and oxygen atoms in total. The summed E-state index contributed by atoms with van der Waals surface area (Å²) in [5.41, 5.74) is 1.55. The van der Waals surface area contributed by atoms with E-state index in [-0.39, 0.29) is 29.1 Å². The van der Waals surface area contributed by atoms with E-state index in [2.05, 4.69) is 9.71 Å². The Morgan fingerprint density at radius 3 is 2.78 bits per heavy atom. The van der Waals surface area contributed by atoms with Gasteiger partial charge in [-0.2, -0.15) is 4.72 Å². The van der Waals surface area contributed by atoms with E-state index < -0.39 is 16.1 Å². The van der Waals surface area contributed by atoms with Crippen molar-refractivity contribution in [3.05, 3.63) is 65.3 Å². The Bertz CT molecular complexity index is 1360. The van der Waals surface area contributed by atoms with Crippen LogP contribution in [-0.2, 0) is 30.8 Å². The quantitative estimate of drug-likeness (QED) is 0.369. The maximum atomic E-state index is 13.7. The van der Waals surface area contributed by atoms with E-state index in [1.54, 1.807) is 35.4 Å². The number of H-pyrrole nitrogens is 1. The Kier molecular flexibility index (Phi) is 8.89. The van der Waals surface area contributed by atoms with Crippen LogP contribution in [0, 0.1) is 5.92 Å². The van der Waals surface area contributed by atoms with Gasteiger partial charge in [-0.25, -0.2) is 8.42 Å². The molecular formula is C27H32ClN3O5S. The zero-order valence-electron chi connectivity index (χ0n) is 20.8. The van der Waals surface area contributed by atoms with Crippen molar-refractivity contribution in [1.29, 1.82) is 0 Å². The van der Waals surface area contributed by atoms with Crippen LogP contribution in [0.15, 0.2) is 59.6 Å². The molecule has 0 radical (unpaired) electrons. The average Bonchev–Trinajstić information content (AvgIpc) is 3.39. The van der Waals surface area contributed by atoms with Crippen LogP contribution in [0.1, 0.15) is 37.7 Å². The molecule has 0 saturated carbocycles. The van der Waals surface area contributed by atoms with Crippen LogP contribution < -0.4 is 4.72 Å². The lowest BCUT2D eigenvalue weighted by Crippen LogP contribution is -2.51. The van der Waals surface area contributed by atoms with Gasteiger partial charge in [-0.3, -0.25) is 9.59 Å². The molecule has 37 heavy (non-hydrogen) atoms. The maximum absolute atomic E-state index is 13.7. The van der Waals surface area contributed by atoms with E-state index in [1.807, 2.05) is 18.2 Å². The van der Waals surface area contributed by atoms with E-state index in [1.165, 1.54) is 13.2 Å². The Labute approximate surface area is 222 Å². The number of aromatic amines is 1. The number of esters is 1. The van der Waals surface area contributed by atoms with Crippen LogP contribution in [0.4, 0.5) is 0 Å². The number of carbonyl (C=O) groups is 2. The Morgan fingerprint density at radius 1 is 1.19 bits per heavy atom. The van der Waals surface area contributed by atoms with E-state index in [4.69, 9.17) is 16.3 Å². The largest absolute Gasteiger partial charge is 0.469 e. The fourth-order valence-electron chi connectivity index (χ4n) is 4.92. The average molecular weight is 546 g/mol. The van der Waals surface area contributed by atoms with Crippen LogP contribution in [0.5, 0.6) is 0 Å². The summed E-state index contributed by atoms with van der Waals surface area (Å²) in [5, 5.41) is 1.14. The minimum absolute atomic E-state index is 0.122. The number of methoxy groups -OCH3 is 1. The van der Waals surface area contributed by atoms with E-state index >= 15 is 0 Å². The fourth-order valence-corrected chi connectivity index (χ4v) is 6.60. The number of ether oxygens (including phenoxy) is 1. The standard InChI is InChI=1S/C27H32ClN3O5S/c1-36-26(32)14-11-19-6-5-17-31(18-19)27(33)24(13-12-20-7-2-3-8-22(20)28)30-37(34,35)25-10-4-9-23-21(25)15-16-29-23/h2-4,7-10,15-16,19,24,29-30H,5-6,11-14,17-18H2,1H3. The molecule has 0 aliphatic carbocycles. The number of hydrogen-bond donors (Lipinski definition) is 2. The summed E-state index contributed by atoms with van der Waals surface area (Å²) in [5.74, 6) is -0.376. The van der Waals surface area contributed by atoms with Crippen LogP contribution in [0.3, 0.4) is 0 Å². The number of aryl methyl sites for hydroxylation is 1. The molecule has 1 aromatic heterocycles. The van der Waals surface area contributed by atoms with Crippen LogP contribution >= 0.6 is 11.6 Å². The first-order valence-electron chi connectivity index (χ1n) is 12.5. The summed E-state index contributed by atoms with van der Waals surface area (Å²) >= 11 is 6.33. The van der Waals surface area contributed by atoms with Gasteiger partial charge in [-0.1, -0.05) is 35.9 Å². The third kappa shape index (κ3) is 6.71. The highest BCUT2D eigenvalue weighted by atomic mass is 35.5. The third-order valence-corrected chi connectivity index (χ3v) is 8.81. The minimum atomic E-state index is -4.00. The predicted molar refractivity (Wildman–Crippen MR) is 143 cm³/mol. The summed E-state index contributed by atoms with van der Waals surface area (Å²) in [6.45, 7) is 1.03. The van der Waals surface area contributed by atoms with Gasteiger partial charge in [0.1, 0.15) is 6.04 Å². The molecule has 1 aliphatic heterocycles. The summed E-state index contributed by atoms with van der Waals surface area (Å²) in [6, 6.07) is 13.1. The van der Waals surface area contributed by atoms with Crippen molar-refractivity contribution in [3.8, 4) is 0 Å². The normalized spacial score (nSPS) is 17.0. The molecule has 0 spiro atoms. The molecule has 1 fully saturated rings. The van der Waals surface area contributed by atoms with Crippen molar-refractivity contribution in [3.63, 3.8) is 0 Å². The number of nitrogens with one attached hydrogen (secondary N) is 2. The number of sulfonamides is 1. The summed E-state index contributed by atoms with van der Waals surface area (Å²) in [4.78, 5) is 30.2. The first-order chi connectivity index (χ1) is 17.8. The number of likely N-dealkylation sites (tertiary alicyclic amines) is 1. The van der Waals surface area contributed by atoms with Crippen LogP contribution in [0.2, 0.25) is 5.02 Å². The monoisotopic (exact) mass is 545 g/mol. The molecule has 2 aromatic carbocycles. The third-order valence-electron chi connectivity index (χ3n) is 6.92. The first-order valence-corrected chi connectivity index (χ1v) is 14.3. The van der Waals surface area contributed by atoms with Gasteiger partial charge >= 0.3 is 5.97 Å². The highest BCUT2D eigenvalue weighted by molar-refractivity contribution is 7.89.